The first-order valence-corrected chi connectivity index (χ1v) is 7.29. The summed E-state index contributed by atoms with van der Waals surface area (Å²) in [6.45, 7) is 1.94. The van der Waals surface area contributed by atoms with Gasteiger partial charge in [-0.2, -0.15) is 5.10 Å². The molecule has 0 aliphatic rings. The molecule has 21 heavy (non-hydrogen) atoms. The van der Waals surface area contributed by atoms with Crippen LogP contribution in [0, 0.1) is 0 Å². The van der Waals surface area contributed by atoms with E-state index in [1.54, 1.807) is 35.3 Å². The lowest BCUT2D eigenvalue weighted by molar-refractivity contribution is -0.116. The van der Waals surface area contributed by atoms with Crippen molar-refractivity contribution in [2.45, 2.75) is 32.2 Å². The normalized spacial score (nSPS) is 12.1. The molecule has 2 rings (SSSR count). The predicted molar refractivity (Wildman–Crippen MR) is 84.7 cm³/mol. The summed E-state index contributed by atoms with van der Waals surface area (Å²) in [5.74, 6) is -0.0497. The molecule has 0 saturated carbocycles. The lowest BCUT2D eigenvalue weighted by atomic mass is 10.1. The van der Waals surface area contributed by atoms with Crippen molar-refractivity contribution in [2.24, 2.45) is 5.73 Å². The van der Waals surface area contributed by atoms with Gasteiger partial charge in [-0.1, -0.05) is 17.7 Å². The SMILES string of the molecule is CC(N)CCCC(=O)Nc1cccc(Cl)c1-n1cccn1. The number of para-hydroxylation sites is 1. The van der Waals surface area contributed by atoms with E-state index in [-0.39, 0.29) is 11.9 Å². The van der Waals surface area contributed by atoms with E-state index < -0.39 is 0 Å². The van der Waals surface area contributed by atoms with Crippen molar-refractivity contribution in [1.82, 2.24) is 9.78 Å². The summed E-state index contributed by atoms with van der Waals surface area (Å²) in [7, 11) is 0. The molecule has 0 radical (unpaired) electrons. The number of carbonyl (C=O) groups excluding carboxylic acids is 1. The minimum absolute atomic E-state index is 0.0497. The van der Waals surface area contributed by atoms with Crippen molar-refractivity contribution in [1.29, 1.82) is 0 Å². The van der Waals surface area contributed by atoms with Crippen LogP contribution in [0.25, 0.3) is 5.69 Å². The van der Waals surface area contributed by atoms with E-state index in [1.165, 1.54) is 0 Å². The van der Waals surface area contributed by atoms with Crippen molar-refractivity contribution >= 4 is 23.2 Å². The van der Waals surface area contributed by atoms with Gasteiger partial charge in [0, 0.05) is 24.9 Å². The van der Waals surface area contributed by atoms with Gasteiger partial charge in [0.15, 0.2) is 0 Å². The van der Waals surface area contributed by atoms with E-state index in [0.717, 1.165) is 12.8 Å². The first-order valence-electron chi connectivity index (χ1n) is 6.92. The molecule has 1 atom stereocenters. The zero-order valence-electron chi connectivity index (χ0n) is 11.9. The molecule has 0 aliphatic carbocycles. The average molecular weight is 307 g/mol. The lowest BCUT2D eigenvalue weighted by Crippen LogP contribution is -2.17. The summed E-state index contributed by atoms with van der Waals surface area (Å²) < 4.78 is 1.64. The first kappa shape index (κ1) is 15.5. The highest BCUT2D eigenvalue weighted by atomic mass is 35.5. The van der Waals surface area contributed by atoms with Gasteiger partial charge in [-0.3, -0.25) is 4.79 Å². The van der Waals surface area contributed by atoms with Crippen molar-refractivity contribution in [2.75, 3.05) is 5.32 Å². The Morgan fingerprint density at radius 3 is 2.95 bits per heavy atom. The van der Waals surface area contributed by atoms with Gasteiger partial charge in [-0.15, -0.1) is 0 Å². The molecule has 112 valence electrons. The quantitative estimate of drug-likeness (QED) is 0.861. The summed E-state index contributed by atoms with van der Waals surface area (Å²) in [4.78, 5) is 12.0. The maximum absolute atomic E-state index is 12.0. The van der Waals surface area contributed by atoms with Gasteiger partial charge in [-0.05, 0) is 38.0 Å². The van der Waals surface area contributed by atoms with E-state index in [0.29, 0.717) is 22.8 Å². The molecule has 0 fully saturated rings. The van der Waals surface area contributed by atoms with Gasteiger partial charge in [0.05, 0.1) is 10.7 Å². The van der Waals surface area contributed by atoms with Gasteiger partial charge < -0.3 is 11.1 Å². The molecule has 1 aromatic carbocycles. The molecular weight excluding hydrogens is 288 g/mol. The monoisotopic (exact) mass is 306 g/mol. The Balaban J connectivity index is 2.10. The Bertz CT molecular complexity index is 596. The number of carbonyl (C=O) groups is 1. The van der Waals surface area contributed by atoms with E-state index in [1.807, 2.05) is 13.0 Å². The summed E-state index contributed by atoms with van der Waals surface area (Å²) >= 11 is 6.22. The standard InChI is InChI=1S/C15H19ClN4O/c1-11(17)5-2-8-14(21)19-13-7-3-6-12(16)15(13)20-10-4-9-18-20/h3-4,6-7,9-11H,2,5,8,17H2,1H3,(H,19,21). The number of halogens is 1. The summed E-state index contributed by atoms with van der Waals surface area (Å²) in [5.41, 5.74) is 7.00. The smallest absolute Gasteiger partial charge is 0.224 e. The number of rotatable bonds is 6. The number of benzene rings is 1. The molecule has 3 N–H and O–H groups in total. The van der Waals surface area contributed by atoms with Crippen molar-refractivity contribution in [3.8, 4) is 5.69 Å². The third kappa shape index (κ3) is 4.31. The Kier molecular flexibility index (Phi) is 5.36. The molecule has 1 aromatic heterocycles. The summed E-state index contributed by atoms with van der Waals surface area (Å²) in [5, 5.41) is 7.59. The summed E-state index contributed by atoms with van der Waals surface area (Å²) in [6, 6.07) is 7.30. The van der Waals surface area contributed by atoms with Crippen LogP contribution in [-0.4, -0.2) is 21.7 Å². The van der Waals surface area contributed by atoms with Gasteiger partial charge in [-0.25, -0.2) is 4.68 Å². The molecule has 1 unspecified atom stereocenters. The number of aromatic nitrogens is 2. The number of amides is 1. The van der Waals surface area contributed by atoms with Gasteiger partial charge in [0.2, 0.25) is 5.91 Å². The second kappa shape index (κ2) is 7.24. The number of hydrogen-bond acceptors (Lipinski definition) is 3. The van der Waals surface area contributed by atoms with E-state index in [9.17, 15) is 4.79 Å². The van der Waals surface area contributed by atoms with Crippen LogP contribution < -0.4 is 11.1 Å². The maximum Gasteiger partial charge on any atom is 0.224 e. The lowest BCUT2D eigenvalue weighted by Gasteiger charge is -2.13. The molecule has 2 aromatic rings. The van der Waals surface area contributed by atoms with Crippen molar-refractivity contribution in [3.05, 3.63) is 41.7 Å². The van der Waals surface area contributed by atoms with Crippen molar-refractivity contribution in [3.63, 3.8) is 0 Å². The van der Waals surface area contributed by atoms with E-state index in [4.69, 9.17) is 17.3 Å². The summed E-state index contributed by atoms with van der Waals surface area (Å²) in [6.07, 6.45) is 5.48. The number of nitrogens with two attached hydrogens (primary N) is 1. The van der Waals surface area contributed by atoms with Gasteiger partial charge in [0.25, 0.3) is 0 Å². The minimum atomic E-state index is -0.0497. The largest absolute Gasteiger partial charge is 0.328 e. The fraction of sp³-hybridized carbons (Fsp3) is 0.333. The molecule has 1 heterocycles. The molecule has 5 nitrogen and oxygen atoms in total. The highest BCUT2D eigenvalue weighted by Gasteiger charge is 2.12. The van der Waals surface area contributed by atoms with Gasteiger partial charge in [0.1, 0.15) is 5.69 Å². The third-order valence-electron chi connectivity index (χ3n) is 3.06. The molecule has 6 heteroatoms. The average Bonchev–Trinajstić information content (AvgIpc) is 2.92. The van der Waals surface area contributed by atoms with Crippen LogP contribution in [0.15, 0.2) is 36.7 Å². The van der Waals surface area contributed by atoms with Gasteiger partial charge >= 0.3 is 0 Å². The van der Waals surface area contributed by atoms with Crippen LogP contribution in [0.1, 0.15) is 26.2 Å². The van der Waals surface area contributed by atoms with Crippen LogP contribution >= 0.6 is 11.6 Å². The number of anilines is 1. The second-order valence-electron chi connectivity index (χ2n) is 5.00. The van der Waals surface area contributed by atoms with Crippen LogP contribution in [-0.2, 0) is 4.79 Å². The van der Waals surface area contributed by atoms with Crippen LogP contribution in [0.3, 0.4) is 0 Å². The third-order valence-corrected chi connectivity index (χ3v) is 3.36. The highest BCUT2D eigenvalue weighted by Crippen LogP contribution is 2.28. The van der Waals surface area contributed by atoms with Crippen LogP contribution in [0.4, 0.5) is 5.69 Å². The predicted octanol–water partition coefficient (Wildman–Crippen LogP) is 2.98. The fourth-order valence-corrected chi connectivity index (χ4v) is 2.31. The van der Waals surface area contributed by atoms with E-state index >= 15 is 0 Å². The molecular formula is C15H19ClN4O. The van der Waals surface area contributed by atoms with Crippen molar-refractivity contribution < 1.29 is 4.79 Å². The Morgan fingerprint density at radius 1 is 1.48 bits per heavy atom. The molecule has 0 aliphatic heterocycles. The topological polar surface area (TPSA) is 72.9 Å². The Morgan fingerprint density at radius 2 is 2.29 bits per heavy atom. The second-order valence-corrected chi connectivity index (χ2v) is 5.41. The van der Waals surface area contributed by atoms with E-state index in [2.05, 4.69) is 10.4 Å². The maximum atomic E-state index is 12.0. The molecule has 0 bridgehead atoms. The first-order chi connectivity index (χ1) is 10.1. The highest BCUT2D eigenvalue weighted by molar-refractivity contribution is 6.33. The zero-order valence-corrected chi connectivity index (χ0v) is 12.7. The zero-order chi connectivity index (χ0) is 15.2. The minimum Gasteiger partial charge on any atom is -0.328 e. The number of nitrogens with zero attached hydrogens (tertiary/aromatic N) is 2. The molecule has 0 spiro atoms. The Hall–Kier alpha value is -1.85. The number of hydrogen-bond donors (Lipinski definition) is 2. The Labute approximate surface area is 129 Å². The molecule has 0 saturated heterocycles. The molecule has 1 amide bonds. The number of nitrogens with one attached hydrogen (secondary N) is 1. The van der Waals surface area contributed by atoms with Crippen LogP contribution in [0.5, 0.6) is 0 Å². The fourth-order valence-electron chi connectivity index (χ4n) is 2.05. The van der Waals surface area contributed by atoms with Crippen LogP contribution in [0.2, 0.25) is 5.02 Å².